The fourth-order valence-electron chi connectivity index (χ4n) is 2.55. The lowest BCUT2D eigenvalue weighted by Gasteiger charge is -2.17. The van der Waals surface area contributed by atoms with Crippen LogP contribution in [-0.2, 0) is 6.42 Å². The van der Waals surface area contributed by atoms with Crippen molar-refractivity contribution < 1.29 is 5.11 Å². The maximum atomic E-state index is 9.24. The zero-order chi connectivity index (χ0) is 13.4. The van der Waals surface area contributed by atoms with Crippen LogP contribution < -0.4 is 0 Å². The maximum absolute atomic E-state index is 9.24. The average molecular weight is 248 g/mol. The van der Waals surface area contributed by atoms with Crippen molar-refractivity contribution in [3.05, 3.63) is 29.8 Å². The van der Waals surface area contributed by atoms with Crippen LogP contribution in [0.2, 0.25) is 0 Å². The molecule has 102 valence electrons. The van der Waals surface area contributed by atoms with Crippen LogP contribution in [0.15, 0.2) is 24.3 Å². The smallest absolute Gasteiger partial charge is 0.115 e. The normalized spacial score (nSPS) is 14.4. The Bertz CT molecular complexity index is 315. The fraction of sp³-hybridized carbons (Fsp3) is 0.647. The zero-order valence-electron chi connectivity index (χ0n) is 12.2. The number of aryl methyl sites for hydroxylation is 1. The third-order valence-corrected chi connectivity index (χ3v) is 3.72. The van der Waals surface area contributed by atoms with Crippen molar-refractivity contribution in [3.8, 4) is 5.75 Å². The van der Waals surface area contributed by atoms with Crippen LogP contribution in [0.5, 0.6) is 5.75 Å². The molecular weight excluding hydrogens is 220 g/mol. The van der Waals surface area contributed by atoms with Crippen LogP contribution >= 0.6 is 0 Å². The lowest BCUT2D eigenvalue weighted by molar-refractivity contribution is 0.370. The van der Waals surface area contributed by atoms with E-state index in [1.54, 1.807) is 12.1 Å². The number of phenolic OH excluding ortho intramolecular Hbond substituents is 1. The molecule has 0 saturated carbocycles. The molecule has 2 unspecified atom stereocenters. The van der Waals surface area contributed by atoms with Crippen molar-refractivity contribution in [2.45, 2.75) is 59.3 Å². The Morgan fingerprint density at radius 1 is 1.00 bits per heavy atom. The number of benzene rings is 1. The Labute approximate surface area is 112 Å². The SMILES string of the molecule is CCCCC(C)CC(C)CCc1ccc(O)cc1. The van der Waals surface area contributed by atoms with Gasteiger partial charge in [-0.05, 0) is 48.8 Å². The summed E-state index contributed by atoms with van der Waals surface area (Å²) in [5.41, 5.74) is 1.33. The summed E-state index contributed by atoms with van der Waals surface area (Å²) in [6.07, 6.45) is 7.78. The molecule has 0 bridgehead atoms. The van der Waals surface area contributed by atoms with Gasteiger partial charge in [0.25, 0.3) is 0 Å². The minimum Gasteiger partial charge on any atom is -0.508 e. The summed E-state index contributed by atoms with van der Waals surface area (Å²) in [6.45, 7) is 7.01. The summed E-state index contributed by atoms with van der Waals surface area (Å²) in [4.78, 5) is 0. The van der Waals surface area contributed by atoms with Gasteiger partial charge in [-0.3, -0.25) is 0 Å². The van der Waals surface area contributed by atoms with E-state index in [9.17, 15) is 5.11 Å². The van der Waals surface area contributed by atoms with Crippen molar-refractivity contribution in [1.29, 1.82) is 0 Å². The lowest BCUT2D eigenvalue weighted by Crippen LogP contribution is -2.04. The monoisotopic (exact) mass is 248 g/mol. The molecule has 1 N–H and O–H groups in total. The molecule has 0 aliphatic rings. The molecule has 0 aromatic heterocycles. The highest BCUT2D eigenvalue weighted by Crippen LogP contribution is 2.22. The van der Waals surface area contributed by atoms with Crippen LogP contribution in [0, 0.1) is 11.8 Å². The average Bonchev–Trinajstić information content (AvgIpc) is 2.35. The molecule has 1 aromatic rings. The Balaban J connectivity index is 2.24. The third-order valence-electron chi connectivity index (χ3n) is 3.72. The van der Waals surface area contributed by atoms with Gasteiger partial charge >= 0.3 is 0 Å². The van der Waals surface area contributed by atoms with Gasteiger partial charge in [0.2, 0.25) is 0 Å². The number of hydrogen-bond acceptors (Lipinski definition) is 1. The molecule has 0 fully saturated rings. The predicted octanol–water partition coefficient (Wildman–Crippen LogP) is 5.18. The number of hydrogen-bond donors (Lipinski definition) is 1. The first-order chi connectivity index (χ1) is 8.61. The van der Waals surface area contributed by atoms with Gasteiger partial charge in [-0.2, -0.15) is 0 Å². The van der Waals surface area contributed by atoms with Gasteiger partial charge < -0.3 is 5.11 Å². The van der Waals surface area contributed by atoms with E-state index in [1.807, 2.05) is 12.1 Å². The molecule has 1 nitrogen and oxygen atoms in total. The van der Waals surface area contributed by atoms with Gasteiger partial charge in [0.15, 0.2) is 0 Å². The molecule has 0 amide bonds. The minimum atomic E-state index is 0.361. The van der Waals surface area contributed by atoms with Gasteiger partial charge in [0, 0.05) is 0 Å². The highest BCUT2D eigenvalue weighted by Gasteiger charge is 2.08. The topological polar surface area (TPSA) is 20.2 Å². The summed E-state index contributed by atoms with van der Waals surface area (Å²) in [6, 6.07) is 7.62. The predicted molar refractivity (Wildman–Crippen MR) is 78.9 cm³/mol. The molecule has 0 aliphatic heterocycles. The molecule has 18 heavy (non-hydrogen) atoms. The van der Waals surface area contributed by atoms with E-state index in [1.165, 1.54) is 37.7 Å². The van der Waals surface area contributed by atoms with Crippen molar-refractivity contribution in [2.24, 2.45) is 11.8 Å². The van der Waals surface area contributed by atoms with Crippen molar-refractivity contribution in [2.75, 3.05) is 0 Å². The van der Waals surface area contributed by atoms with E-state index in [0.29, 0.717) is 5.75 Å². The second kappa shape index (κ2) is 8.18. The Hall–Kier alpha value is -0.980. The van der Waals surface area contributed by atoms with E-state index in [2.05, 4.69) is 20.8 Å². The highest BCUT2D eigenvalue weighted by molar-refractivity contribution is 5.25. The van der Waals surface area contributed by atoms with Gasteiger partial charge in [-0.25, -0.2) is 0 Å². The van der Waals surface area contributed by atoms with Crippen molar-refractivity contribution >= 4 is 0 Å². The van der Waals surface area contributed by atoms with Crippen LogP contribution in [0.4, 0.5) is 0 Å². The highest BCUT2D eigenvalue weighted by atomic mass is 16.3. The summed E-state index contributed by atoms with van der Waals surface area (Å²) in [5.74, 6) is 2.02. The van der Waals surface area contributed by atoms with Crippen LogP contribution in [0.25, 0.3) is 0 Å². The maximum Gasteiger partial charge on any atom is 0.115 e. The molecule has 1 aromatic carbocycles. The largest absolute Gasteiger partial charge is 0.508 e. The van der Waals surface area contributed by atoms with E-state index >= 15 is 0 Å². The Kier molecular flexibility index (Phi) is 6.85. The number of aromatic hydroxyl groups is 1. The first-order valence-electron chi connectivity index (χ1n) is 7.39. The first kappa shape index (κ1) is 15.1. The molecule has 0 radical (unpaired) electrons. The van der Waals surface area contributed by atoms with E-state index in [-0.39, 0.29) is 0 Å². The first-order valence-corrected chi connectivity index (χ1v) is 7.39. The van der Waals surface area contributed by atoms with E-state index in [0.717, 1.165) is 18.3 Å². The summed E-state index contributed by atoms with van der Waals surface area (Å²) < 4.78 is 0. The van der Waals surface area contributed by atoms with E-state index in [4.69, 9.17) is 0 Å². The zero-order valence-corrected chi connectivity index (χ0v) is 12.2. The molecule has 2 atom stereocenters. The quantitative estimate of drug-likeness (QED) is 0.672. The second-order valence-electron chi connectivity index (χ2n) is 5.79. The molecule has 0 heterocycles. The third kappa shape index (κ3) is 6.09. The second-order valence-corrected chi connectivity index (χ2v) is 5.79. The molecule has 1 rings (SSSR count). The number of rotatable bonds is 8. The Morgan fingerprint density at radius 2 is 1.61 bits per heavy atom. The molecule has 0 saturated heterocycles. The summed E-state index contributed by atoms with van der Waals surface area (Å²) >= 11 is 0. The van der Waals surface area contributed by atoms with E-state index < -0.39 is 0 Å². The molecule has 0 aliphatic carbocycles. The number of unbranched alkanes of at least 4 members (excludes halogenated alkanes) is 1. The lowest BCUT2D eigenvalue weighted by atomic mass is 9.89. The van der Waals surface area contributed by atoms with Crippen molar-refractivity contribution in [1.82, 2.24) is 0 Å². The van der Waals surface area contributed by atoms with Crippen LogP contribution in [-0.4, -0.2) is 5.11 Å². The van der Waals surface area contributed by atoms with Crippen molar-refractivity contribution in [3.63, 3.8) is 0 Å². The summed E-state index contributed by atoms with van der Waals surface area (Å²) in [5, 5.41) is 9.24. The van der Waals surface area contributed by atoms with Crippen LogP contribution in [0.1, 0.15) is 58.4 Å². The van der Waals surface area contributed by atoms with Crippen LogP contribution in [0.3, 0.4) is 0 Å². The molecule has 0 spiro atoms. The summed E-state index contributed by atoms with van der Waals surface area (Å²) in [7, 11) is 0. The standard InChI is InChI=1S/C17H28O/c1-4-5-6-14(2)13-15(3)7-8-16-9-11-17(18)12-10-16/h9-12,14-15,18H,4-8,13H2,1-3H3. The molecular formula is C17H28O. The Morgan fingerprint density at radius 3 is 2.22 bits per heavy atom. The minimum absolute atomic E-state index is 0.361. The fourth-order valence-corrected chi connectivity index (χ4v) is 2.55. The van der Waals surface area contributed by atoms with Gasteiger partial charge in [0.1, 0.15) is 5.75 Å². The molecule has 1 heteroatoms. The van der Waals surface area contributed by atoms with Gasteiger partial charge in [-0.15, -0.1) is 0 Å². The van der Waals surface area contributed by atoms with Gasteiger partial charge in [0.05, 0.1) is 0 Å². The van der Waals surface area contributed by atoms with Gasteiger partial charge in [-0.1, -0.05) is 52.2 Å². The number of phenols is 1.